The normalized spacial score (nSPS) is 10.6. The van der Waals surface area contributed by atoms with Crippen LogP contribution in [0, 0.1) is 12.7 Å². The highest BCUT2D eigenvalue weighted by Crippen LogP contribution is 2.24. The molecule has 0 saturated heterocycles. The molecule has 0 atom stereocenters. The third-order valence-electron chi connectivity index (χ3n) is 3.33. The van der Waals surface area contributed by atoms with Crippen molar-refractivity contribution in [2.24, 2.45) is 0 Å². The molecule has 0 unspecified atom stereocenters. The van der Waals surface area contributed by atoms with Gasteiger partial charge in [0.25, 0.3) is 0 Å². The van der Waals surface area contributed by atoms with Gasteiger partial charge >= 0.3 is 0 Å². The molecule has 0 heterocycles. The van der Waals surface area contributed by atoms with Crippen LogP contribution in [0.15, 0.2) is 48.7 Å². The number of carbonyl (C=O) groups excluding carboxylic acids is 1. The van der Waals surface area contributed by atoms with E-state index in [9.17, 15) is 9.18 Å². The van der Waals surface area contributed by atoms with E-state index in [-0.39, 0.29) is 11.6 Å². The van der Waals surface area contributed by atoms with Crippen LogP contribution >= 0.6 is 0 Å². The fourth-order valence-electron chi connectivity index (χ4n) is 2.09. The molecule has 2 rings (SSSR count). The molecule has 120 valence electrons. The Morgan fingerprint density at radius 1 is 1.13 bits per heavy atom. The highest BCUT2D eigenvalue weighted by Gasteiger charge is 2.11. The molecule has 0 aromatic heterocycles. The minimum Gasteiger partial charge on any atom is -0.497 e. The first-order valence-corrected chi connectivity index (χ1v) is 7.00. The van der Waals surface area contributed by atoms with Gasteiger partial charge in [-0.15, -0.1) is 0 Å². The molecule has 1 N–H and O–H groups in total. The number of carbonyl (C=O) groups is 1. The summed E-state index contributed by atoms with van der Waals surface area (Å²) in [5, 5.41) is 2.97. The molecular weight excluding hydrogens is 297 g/mol. The Kier molecular flexibility index (Phi) is 5.36. The average Bonchev–Trinajstić information content (AvgIpc) is 2.56. The van der Waals surface area contributed by atoms with Crippen LogP contribution in [0.3, 0.4) is 0 Å². The van der Waals surface area contributed by atoms with Crippen molar-refractivity contribution < 1.29 is 18.7 Å². The topological polar surface area (TPSA) is 47.6 Å². The van der Waals surface area contributed by atoms with Crippen LogP contribution in [0.2, 0.25) is 0 Å². The number of halogens is 1. The van der Waals surface area contributed by atoms with Gasteiger partial charge in [-0.25, -0.2) is 4.39 Å². The fourth-order valence-corrected chi connectivity index (χ4v) is 2.09. The van der Waals surface area contributed by atoms with Gasteiger partial charge in [0.1, 0.15) is 17.3 Å². The van der Waals surface area contributed by atoms with Gasteiger partial charge in [0, 0.05) is 18.0 Å². The molecule has 0 bridgehead atoms. The van der Waals surface area contributed by atoms with Crippen molar-refractivity contribution in [3.8, 4) is 11.5 Å². The van der Waals surface area contributed by atoms with Crippen LogP contribution in [0.25, 0.3) is 0 Å². The maximum absolute atomic E-state index is 13.0. The lowest BCUT2D eigenvalue weighted by Gasteiger charge is -2.08. The van der Waals surface area contributed by atoms with Crippen LogP contribution in [-0.4, -0.2) is 20.0 Å². The Morgan fingerprint density at radius 2 is 1.91 bits per heavy atom. The van der Waals surface area contributed by atoms with E-state index < -0.39 is 0 Å². The van der Waals surface area contributed by atoms with Crippen molar-refractivity contribution in [3.05, 3.63) is 65.6 Å². The molecule has 2 aromatic rings. The largest absolute Gasteiger partial charge is 0.497 e. The van der Waals surface area contributed by atoms with Crippen molar-refractivity contribution in [2.75, 3.05) is 19.5 Å². The summed E-state index contributed by atoms with van der Waals surface area (Å²) in [5.74, 6) is 0.519. The number of benzene rings is 2. The number of ketones is 1. The number of hydrogen-bond acceptors (Lipinski definition) is 4. The van der Waals surface area contributed by atoms with Crippen LogP contribution in [0.1, 0.15) is 15.9 Å². The second kappa shape index (κ2) is 7.45. The smallest absolute Gasteiger partial charge is 0.191 e. The average molecular weight is 315 g/mol. The van der Waals surface area contributed by atoms with Gasteiger partial charge in [-0.05, 0) is 48.9 Å². The molecule has 2 aromatic carbocycles. The summed E-state index contributed by atoms with van der Waals surface area (Å²) in [6, 6.07) is 9.41. The Bertz CT molecular complexity index is 741. The van der Waals surface area contributed by atoms with Crippen molar-refractivity contribution in [1.82, 2.24) is 0 Å². The Labute approximate surface area is 134 Å². The monoisotopic (exact) mass is 315 g/mol. The number of methoxy groups -OCH3 is 2. The summed E-state index contributed by atoms with van der Waals surface area (Å²) < 4.78 is 23.4. The highest BCUT2D eigenvalue weighted by molar-refractivity contribution is 6.07. The lowest BCUT2D eigenvalue weighted by atomic mass is 10.1. The van der Waals surface area contributed by atoms with E-state index in [4.69, 9.17) is 9.47 Å². The number of aryl methyl sites for hydroxylation is 1. The number of anilines is 1. The van der Waals surface area contributed by atoms with E-state index in [0.29, 0.717) is 17.1 Å². The van der Waals surface area contributed by atoms with Crippen LogP contribution < -0.4 is 14.8 Å². The van der Waals surface area contributed by atoms with Gasteiger partial charge in [-0.3, -0.25) is 4.79 Å². The minimum atomic E-state index is -0.297. The van der Waals surface area contributed by atoms with Gasteiger partial charge in [-0.1, -0.05) is 0 Å². The first-order valence-electron chi connectivity index (χ1n) is 7.00. The SMILES string of the molecule is COc1ccc(OC)c(C(=O)/C=C/Nc2ccc(F)cc2C)c1. The molecule has 23 heavy (non-hydrogen) atoms. The zero-order valence-electron chi connectivity index (χ0n) is 13.2. The van der Waals surface area contributed by atoms with E-state index in [1.807, 2.05) is 0 Å². The highest BCUT2D eigenvalue weighted by atomic mass is 19.1. The Morgan fingerprint density at radius 3 is 2.57 bits per heavy atom. The Balaban J connectivity index is 2.15. The van der Waals surface area contributed by atoms with Crippen molar-refractivity contribution in [3.63, 3.8) is 0 Å². The summed E-state index contributed by atoms with van der Waals surface area (Å²) in [6.07, 6.45) is 2.90. The predicted octanol–water partition coefficient (Wildman–Crippen LogP) is 3.96. The first kappa shape index (κ1) is 16.5. The standard InChI is InChI=1S/C18H18FNO3/c1-12-10-13(19)4-6-16(12)20-9-8-17(21)15-11-14(22-2)5-7-18(15)23-3/h4-11,20H,1-3H3/b9-8+. The molecule has 0 aliphatic carbocycles. The summed E-state index contributed by atoms with van der Waals surface area (Å²) in [4.78, 5) is 12.3. The fraction of sp³-hybridized carbons (Fsp3) is 0.167. The maximum atomic E-state index is 13.0. The van der Waals surface area contributed by atoms with Crippen LogP contribution in [0.5, 0.6) is 11.5 Å². The molecule has 0 fully saturated rings. The van der Waals surface area contributed by atoms with Gasteiger partial charge in [-0.2, -0.15) is 0 Å². The summed E-state index contributed by atoms with van der Waals surface area (Å²) in [6.45, 7) is 1.78. The quantitative estimate of drug-likeness (QED) is 0.647. The molecular formula is C18H18FNO3. The van der Waals surface area contributed by atoms with E-state index in [1.54, 1.807) is 31.2 Å². The van der Waals surface area contributed by atoms with E-state index in [1.165, 1.54) is 38.6 Å². The maximum Gasteiger partial charge on any atom is 0.191 e. The van der Waals surface area contributed by atoms with Gasteiger partial charge in [0.15, 0.2) is 5.78 Å². The second-order valence-electron chi connectivity index (χ2n) is 4.87. The molecule has 0 radical (unpaired) electrons. The van der Waals surface area contributed by atoms with E-state index >= 15 is 0 Å². The zero-order valence-corrected chi connectivity index (χ0v) is 13.2. The molecule has 0 amide bonds. The third kappa shape index (κ3) is 4.10. The molecule has 0 aliphatic heterocycles. The minimum absolute atomic E-state index is 0.229. The molecule has 0 saturated carbocycles. The van der Waals surface area contributed by atoms with Gasteiger partial charge < -0.3 is 14.8 Å². The number of allylic oxidation sites excluding steroid dienone is 1. The van der Waals surface area contributed by atoms with Gasteiger partial charge in [0.05, 0.1) is 19.8 Å². The van der Waals surface area contributed by atoms with Crippen molar-refractivity contribution >= 4 is 11.5 Å². The van der Waals surface area contributed by atoms with Gasteiger partial charge in [0.2, 0.25) is 0 Å². The summed E-state index contributed by atoms with van der Waals surface area (Å²) in [7, 11) is 3.03. The first-order chi connectivity index (χ1) is 11.0. The molecule has 4 nitrogen and oxygen atoms in total. The molecule has 0 aliphatic rings. The molecule has 5 heteroatoms. The molecule has 0 spiro atoms. The predicted molar refractivity (Wildman–Crippen MR) is 87.8 cm³/mol. The van der Waals surface area contributed by atoms with Crippen LogP contribution in [0.4, 0.5) is 10.1 Å². The zero-order chi connectivity index (χ0) is 16.8. The summed E-state index contributed by atoms with van der Waals surface area (Å²) >= 11 is 0. The van der Waals surface area contributed by atoms with Crippen molar-refractivity contribution in [2.45, 2.75) is 6.92 Å². The van der Waals surface area contributed by atoms with Crippen molar-refractivity contribution in [1.29, 1.82) is 0 Å². The van der Waals surface area contributed by atoms with E-state index in [2.05, 4.69) is 5.32 Å². The lowest BCUT2D eigenvalue weighted by Crippen LogP contribution is -2.01. The lowest BCUT2D eigenvalue weighted by molar-refractivity contribution is 0.104. The number of hydrogen-bond donors (Lipinski definition) is 1. The number of ether oxygens (including phenoxy) is 2. The second-order valence-corrected chi connectivity index (χ2v) is 4.87. The number of nitrogens with one attached hydrogen (secondary N) is 1. The Hall–Kier alpha value is -2.82. The number of rotatable bonds is 6. The third-order valence-corrected chi connectivity index (χ3v) is 3.33. The van der Waals surface area contributed by atoms with E-state index in [0.717, 1.165) is 11.3 Å². The summed E-state index contributed by atoms with van der Waals surface area (Å²) in [5.41, 5.74) is 1.88. The van der Waals surface area contributed by atoms with Crippen LogP contribution in [-0.2, 0) is 0 Å².